The number of aromatic hydroxyl groups is 2. The molecule has 0 amide bonds. The molecule has 8 heteroatoms. The molecule has 0 spiro atoms. The molecule has 0 radical (unpaired) electrons. The van der Waals surface area contributed by atoms with Gasteiger partial charge in [0, 0.05) is 23.3 Å². The van der Waals surface area contributed by atoms with Gasteiger partial charge in [-0.25, -0.2) is 9.68 Å². The lowest BCUT2D eigenvalue weighted by atomic mass is 10.0. The molecule has 0 aliphatic rings. The second kappa shape index (κ2) is 12.9. The van der Waals surface area contributed by atoms with Crippen LogP contribution in [0.1, 0.15) is 51.6 Å². The van der Waals surface area contributed by atoms with E-state index in [9.17, 15) is 24.6 Å². The molecule has 40 heavy (non-hydrogen) atoms. The molecule has 4 aromatic carbocycles. The van der Waals surface area contributed by atoms with Gasteiger partial charge in [0.15, 0.2) is 17.3 Å². The van der Waals surface area contributed by atoms with Gasteiger partial charge in [-0.15, -0.1) is 0 Å². The van der Waals surface area contributed by atoms with Crippen LogP contribution < -0.4 is 9.62 Å². The minimum absolute atomic E-state index is 0.0100. The Morgan fingerprint density at radius 2 is 1.20 bits per heavy atom. The van der Waals surface area contributed by atoms with Crippen LogP contribution in [-0.4, -0.2) is 27.7 Å². The van der Waals surface area contributed by atoms with Crippen molar-refractivity contribution in [2.75, 3.05) is 0 Å². The molecule has 4 rings (SSSR count). The summed E-state index contributed by atoms with van der Waals surface area (Å²) in [5, 5.41) is 20.7. The number of carbonyl (C=O) groups excluding carboxylic acids is 3. The fourth-order valence-electron chi connectivity index (χ4n) is 3.78. The molecular weight excluding hydrogens is 512 g/mol. The van der Waals surface area contributed by atoms with Gasteiger partial charge in [-0.05, 0) is 30.7 Å². The summed E-state index contributed by atoms with van der Waals surface area (Å²) in [6.07, 6.45) is 2.08. The second-order valence-electron chi connectivity index (χ2n) is 8.71. The predicted octanol–water partition coefficient (Wildman–Crippen LogP) is 6.16. The van der Waals surface area contributed by atoms with Gasteiger partial charge >= 0.3 is 5.97 Å². The Labute approximate surface area is 230 Å². The van der Waals surface area contributed by atoms with E-state index in [4.69, 9.17) is 14.5 Å². The molecule has 0 saturated carbocycles. The van der Waals surface area contributed by atoms with Gasteiger partial charge < -0.3 is 14.9 Å². The molecule has 0 aliphatic carbocycles. The fourth-order valence-corrected chi connectivity index (χ4v) is 3.78. The summed E-state index contributed by atoms with van der Waals surface area (Å²) >= 11 is 0. The highest BCUT2D eigenvalue weighted by atomic mass is 17.2. The number of ether oxygens (including phenoxy) is 1. The molecule has 0 atom stereocenters. The molecular formula is C32H26O8. The first-order valence-corrected chi connectivity index (χ1v) is 12.5. The first-order valence-electron chi connectivity index (χ1n) is 12.5. The van der Waals surface area contributed by atoms with Crippen molar-refractivity contribution in [3.05, 3.63) is 131 Å². The topological polar surface area (TPSA) is 119 Å². The van der Waals surface area contributed by atoms with E-state index in [1.54, 1.807) is 60.7 Å². The molecule has 0 heterocycles. The van der Waals surface area contributed by atoms with Crippen molar-refractivity contribution in [2.45, 2.75) is 19.8 Å². The number of carbonyl (C=O) groups is 3. The highest BCUT2D eigenvalue weighted by Crippen LogP contribution is 2.28. The fraction of sp³-hybridized carbons (Fsp3) is 0.0938. The lowest BCUT2D eigenvalue weighted by Crippen LogP contribution is -2.12. The van der Waals surface area contributed by atoms with E-state index in [-0.39, 0.29) is 51.3 Å². The molecule has 0 aliphatic heterocycles. The first-order chi connectivity index (χ1) is 19.4. The number of phenols is 2. The van der Waals surface area contributed by atoms with E-state index >= 15 is 0 Å². The zero-order valence-electron chi connectivity index (χ0n) is 21.6. The lowest BCUT2D eigenvalue weighted by molar-refractivity contribution is -0.209. The summed E-state index contributed by atoms with van der Waals surface area (Å²) < 4.78 is 5.55. The molecule has 0 saturated heterocycles. The molecule has 4 aromatic rings. The van der Waals surface area contributed by atoms with Crippen LogP contribution >= 0.6 is 0 Å². The standard InChI is InChI=1S/C32H26O8/c1-2-9-23(20-38-24-14-16-26(28(33)18-24)30(35)21-10-5-3-6-11-21)32(37)40-39-25-15-17-27(29(34)19-25)31(36)22-12-7-4-8-13-22/h3-8,10-20,33-34H,2,9H2,1H3. The van der Waals surface area contributed by atoms with Crippen LogP contribution in [0.3, 0.4) is 0 Å². The van der Waals surface area contributed by atoms with Gasteiger partial charge in [-0.2, -0.15) is 0 Å². The summed E-state index contributed by atoms with van der Waals surface area (Å²) in [7, 11) is 0. The van der Waals surface area contributed by atoms with Crippen LogP contribution in [0.5, 0.6) is 23.0 Å². The maximum Gasteiger partial charge on any atom is 0.385 e. The van der Waals surface area contributed by atoms with E-state index in [0.29, 0.717) is 24.0 Å². The van der Waals surface area contributed by atoms with Crippen molar-refractivity contribution in [3.8, 4) is 23.0 Å². The van der Waals surface area contributed by atoms with E-state index in [0.717, 1.165) is 0 Å². The third kappa shape index (κ3) is 6.73. The average Bonchev–Trinajstić information content (AvgIpc) is 2.98. The van der Waals surface area contributed by atoms with Crippen LogP contribution in [0, 0.1) is 0 Å². The summed E-state index contributed by atoms with van der Waals surface area (Å²) in [5.74, 6) is -1.91. The molecule has 0 unspecified atom stereocenters. The van der Waals surface area contributed by atoms with E-state index in [1.165, 1.54) is 42.7 Å². The van der Waals surface area contributed by atoms with Crippen LogP contribution in [0.2, 0.25) is 0 Å². The highest BCUT2D eigenvalue weighted by Gasteiger charge is 2.18. The van der Waals surface area contributed by atoms with Gasteiger partial charge in [-0.1, -0.05) is 74.0 Å². The third-order valence-corrected chi connectivity index (χ3v) is 5.83. The summed E-state index contributed by atoms with van der Waals surface area (Å²) in [4.78, 5) is 47.8. The van der Waals surface area contributed by atoms with Gasteiger partial charge in [-0.3, -0.25) is 14.5 Å². The van der Waals surface area contributed by atoms with E-state index < -0.39 is 5.97 Å². The van der Waals surface area contributed by atoms with Crippen molar-refractivity contribution < 1.29 is 39.1 Å². The number of phenolic OH excluding ortho intramolecular Hbond substituents is 2. The molecule has 8 nitrogen and oxygen atoms in total. The highest BCUT2D eigenvalue weighted by molar-refractivity contribution is 6.11. The van der Waals surface area contributed by atoms with Crippen molar-refractivity contribution in [1.29, 1.82) is 0 Å². The zero-order valence-corrected chi connectivity index (χ0v) is 21.6. The summed E-state index contributed by atoms with van der Waals surface area (Å²) in [6.45, 7) is 1.86. The van der Waals surface area contributed by atoms with Gasteiger partial charge in [0.05, 0.1) is 16.7 Å². The smallest absolute Gasteiger partial charge is 0.385 e. The van der Waals surface area contributed by atoms with Crippen molar-refractivity contribution in [3.63, 3.8) is 0 Å². The Balaban J connectivity index is 1.40. The summed E-state index contributed by atoms with van der Waals surface area (Å²) in [6, 6.07) is 25.2. The van der Waals surface area contributed by atoms with Crippen LogP contribution in [0.25, 0.3) is 0 Å². The van der Waals surface area contributed by atoms with Crippen molar-refractivity contribution in [1.82, 2.24) is 0 Å². The predicted molar refractivity (Wildman–Crippen MR) is 146 cm³/mol. The molecule has 0 aromatic heterocycles. The Hall–Kier alpha value is -5.37. The monoisotopic (exact) mass is 538 g/mol. The number of hydrogen-bond donors (Lipinski definition) is 2. The quantitative estimate of drug-likeness (QED) is 0.0766. The molecule has 0 fully saturated rings. The Kier molecular flexibility index (Phi) is 8.94. The average molecular weight is 539 g/mol. The van der Waals surface area contributed by atoms with Crippen LogP contribution in [-0.2, 0) is 9.68 Å². The van der Waals surface area contributed by atoms with Crippen LogP contribution in [0.15, 0.2) is 109 Å². The Bertz CT molecular complexity index is 1540. The minimum Gasteiger partial charge on any atom is -0.507 e. The molecule has 202 valence electrons. The number of benzene rings is 4. The van der Waals surface area contributed by atoms with Gasteiger partial charge in [0.25, 0.3) is 0 Å². The largest absolute Gasteiger partial charge is 0.507 e. The Morgan fingerprint density at radius 1 is 0.700 bits per heavy atom. The first kappa shape index (κ1) is 27.7. The van der Waals surface area contributed by atoms with E-state index in [1.807, 2.05) is 6.92 Å². The zero-order chi connectivity index (χ0) is 28.5. The van der Waals surface area contributed by atoms with Crippen molar-refractivity contribution >= 4 is 17.5 Å². The maximum absolute atomic E-state index is 12.6. The molecule has 0 bridgehead atoms. The third-order valence-electron chi connectivity index (χ3n) is 5.83. The Morgan fingerprint density at radius 3 is 1.70 bits per heavy atom. The van der Waals surface area contributed by atoms with Crippen molar-refractivity contribution in [2.24, 2.45) is 0 Å². The van der Waals surface area contributed by atoms with Gasteiger partial charge in [0.1, 0.15) is 23.5 Å². The maximum atomic E-state index is 12.6. The number of rotatable bonds is 11. The lowest BCUT2D eigenvalue weighted by Gasteiger charge is -2.10. The molecule has 2 N–H and O–H groups in total. The van der Waals surface area contributed by atoms with E-state index in [2.05, 4.69) is 0 Å². The SMILES string of the molecule is CCCC(=COc1ccc(C(=O)c2ccccc2)c(O)c1)C(=O)OOc1ccc(C(=O)c2ccccc2)c(O)c1. The number of hydrogen-bond acceptors (Lipinski definition) is 8. The second-order valence-corrected chi connectivity index (χ2v) is 8.71. The minimum atomic E-state index is -0.828. The summed E-state index contributed by atoms with van der Waals surface area (Å²) in [5.41, 5.74) is 1.18. The van der Waals surface area contributed by atoms with Gasteiger partial charge in [0.2, 0.25) is 0 Å². The van der Waals surface area contributed by atoms with Crippen LogP contribution in [0.4, 0.5) is 0 Å². The normalized spacial score (nSPS) is 11.0. The number of ketones is 2.